The van der Waals surface area contributed by atoms with E-state index in [1.807, 2.05) is 6.07 Å². The van der Waals surface area contributed by atoms with Gasteiger partial charge < -0.3 is 10.1 Å². The van der Waals surface area contributed by atoms with Crippen LogP contribution in [0.4, 0.5) is 5.69 Å². The molecule has 0 saturated heterocycles. The summed E-state index contributed by atoms with van der Waals surface area (Å²) in [5.41, 5.74) is 2.66. The third-order valence-corrected chi connectivity index (χ3v) is 2.55. The minimum Gasteiger partial charge on any atom is -0.494 e. The zero-order valence-corrected chi connectivity index (χ0v) is 8.68. The number of rotatable bonds is 4. The van der Waals surface area contributed by atoms with E-state index in [-0.39, 0.29) is 0 Å². The van der Waals surface area contributed by atoms with Gasteiger partial charge in [0.15, 0.2) is 0 Å². The van der Waals surface area contributed by atoms with Crippen molar-refractivity contribution < 1.29 is 4.74 Å². The van der Waals surface area contributed by atoms with Gasteiger partial charge in [0.25, 0.3) is 0 Å². The first-order chi connectivity index (χ1) is 6.90. The average Bonchev–Trinajstić information content (AvgIpc) is 2.65. The van der Waals surface area contributed by atoms with E-state index in [0.717, 1.165) is 31.7 Å². The summed E-state index contributed by atoms with van der Waals surface area (Å²) in [6.07, 6.45) is 3.45. The van der Waals surface area contributed by atoms with Crippen molar-refractivity contribution in [2.75, 3.05) is 18.5 Å². The van der Waals surface area contributed by atoms with Crippen LogP contribution in [-0.2, 0) is 6.42 Å². The minimum absolute atomic E-state index is 0.836. The van der Waals surface area contributed by atoms with Gasteiger partial charge in [-0.1, -0.05) is 13.3 Å². The van der Waals surface area contributed by atoms with E-state index in [2.05, 4.69) is 24.4 Å². The molecule has 76 valence electrons. The number of unbranched alkanes of at least 4 members (excludes halogenated alkanes) is 1. The van der Waals surface area contributed by atoms with Crippen LogP contribution in [0.25, 0.3) is 0 Å². The molecule has 0 radical (unpaired) electrons. The van der Waals surface area contributed by atoms with Crippen molar-refractivity contribution in [3.8, 4) is 5.75 Å². The Labute approximate surface area is 85.3 Å². The first kappa shape index (κ1) is 9.38. The van der Waals surface area contributed by atoms with E-state index in [4.69, 9.17) is 4.74 Å². The molecule has 0 bridgehead atoms. The smallest absolute Gasteiger partial charge is 0.119 e. The maximum absolute atomic E-state index is 5.64. The Morgan fingerprint density at radius 2 is 2.36 bits per heavy atom. The monoisotopic (exact) mass is 191 g/mol. The molecule has 1 aromatic rings. The third-order valence-electron chi connectivity index (χ3n) is 2.55. The largest absolute Gasteiger partial charge is 0.494 e. The predicted octanol–water partition coefficient (Wildman–Crippen LogP) is 2.83. The van der Waals surface area contributed by atoms with Crippen molar-refractivity contribution in [2.45, 2.75) is 26.2 Å². The van der Waals surface area contributed by atoms with E-state index in [1.54, 1.807) is 0 Å². The highest BCUT2D eigenvalue weighted by molar-refractivity contribution is 5.57. The summed E-state index contributed by atoms with van der Waals surface area (Å²) >= 11 is 0. The zero-order chi connectivity index (χ0) is 9.80. The van der Waals surface area contributed by atoms with Crippen LogP contribution in [0, 0.1) is 0 Å². The standard InChI is InChI=1S/C12H17NO/c1-2-3-8-14-11-4-5-12-10(9-11)6-7-13-12/h4-5,9,13H,2-3,6-8H2,1H3. The van der Waals surface area contributed by atoms with Crippen LogP contribution in [0.15, 0.2) is 18.2 Å². The van der Waals surface area contributed by atoms with Crippen molar-refractivity contribution in [3.05, 3.63) is 23.8 Å². The molecular weight excluding hydrogens is 174 g/mol. The fraction of sp³-hybridized carbons (Fsp3) is 0.500. The Kier molecular flexibility index (Phi) is 2.92. The van der Waals surface area contributed by atoms with Crippen LogP contribution in [0.3, 0.4) is 0 Å². The normalized spacial score (nSPS) is 13.5. The van der Waals surface area contributed by atoms with E-state index in [1.165, 1.54) is 17.7 Å². The van der Waals surface area contributed by atoms with Gasteiger partial charge in [0, 0.05) is 12.2 Å². The molecule has 0 spiro atoms. The summed E-state index contributed by atoms with van der Waals surface area (Å²) < 4.78 is 5.64. The lowest BCUT2D eigenvalue weighted by molar-refractivity contribution is 0.309. The summed E-state index contributed by atoms with van der Waals surface area (Å²) in [4.78, 5) is 0. The quantitative estimate of drug-likeness (QED) is 0.739. The highest BCUT2D eigenvalue weighted by Crippen LogP contribution is 2.26. The Morgan fingerprint density at radius 1 is 1.43 bits per heavy atom. The van der Waals surface area contributed by atoms with Gasteiger partial charge in [-0.2, -0.15) is 0 Å². The van der Waals surface area contributed by atoms with Gasteiger partial charge in [0.05, 0.1) is 6.61 Å². The van der Waals surface area contributed by atoms with E-state index >= 15 is 0 Å². The van der Waals surface area contributed by atoms with Crippen molar-refractivity contribution in [2.24, 2.45) is 0 Å². The molecule has 2 rings (SSSR count). The average molecular weight is 191 g/mol. The Balaban J connectivity index is 1.98. The van der Waals surface area contributed by atoms with Gasteiger partial charge in [-0.15, -0.1) is 0 Å². The maximum atomic E-state index is 5.64. The van der Waals surface area contributed by atoms with Crippen LogP contribution >= 0.6 is 0 Å². The molecule has 0 saturated carbocycles. The van der Waals surface area contributed by atoms with E-state index in [9.17, 15) is 0 Å². The van der Waals surface area contributed by atoms with Crippen LogP contribution < -0.4 is 10.1 Å². The summed E-state index contributed by atoms with van der Waals surface area (Å²) in [6.45, 7) is 4.08. The number of hydrogen-bond acceptors (Lipinski definition) is 2. The molecule has 0 unspecified atom stereocenters. The molecule has 1 N–H and O–H groups in total. The van der Waals surface area contributed by atoms with Crippen LogP contribution in [0.2, 0.25) is 0 Å². The van der Waals surface area contributed by atoms with Crippen LogP contribution in [0.5, 0.6) is 5.75 Å². The van der Waals surface area contributed by atoms with Gasteiger partial charge in [0.2, 0.25) is 0 Å². The number of nitrogens with one attached hydrogen (secondary N) is 1. The summed E-state index contributed by atoms with van der Waals surface area (Å²) in [5, 5.41) is 3.34. The van der Waals surface area contributed by atoms with E-state index in [0.29, 0.717) is 0 Å². The van der Waals surface area contributed by atoms with Gasteiger partial charge >= 0.3 is 0 Å². The molecule has 1 aromatic carbocycles. The lowest BCUT2D eigenvalue weighted by Crippen LogP contribution is -1.96. The Bertz CT molecular complexity index is 309. The number of hydrogen-bond donors (Lipinski definition) is 1. The summed E-state index contributed by atoms with van der Waals surface area (Å²) in [7, 11) is 0. The predicted molar refractivity (Wildman–Crippen MR) is 59.0 cm³/mol. The van der Waals surface area contributed by atoms with Crippen LogP contribution in [-0.4, -0.2) is 13.2 Å². The molecule has 0 aromatic heterocycles. The SMILES string of the molecule is CCCCOc1ccc2c(c1)CCN2. The van der Waals surface area contributed by atoms with Gasteiger partial charge in [0.1, 0.15) is 5.75 Å². The first-order valence-corrected chi connectivity index (χ1v) is 5.40. The van der Waals surface area contributed by atoms with Gasteiger partial charge in [-0.3, -0.25) is 0 Å². The maximum Gasteiger partial charge on any atom is 0.119 e. The highest BCUT2D eigenvalue weighted by Gasteiger charge is 2.09. The van der Waals surface area contributed by atoms with Gasteiger partial charge in [-0.25, -0.2) is 0 Å². The fourth-order valence-electron chi connectivity index (χ4n) is 1.71. The second-order valence-corrected chi connectivity index (χ2v) is 3.70. The third kappa shape index (κ3) is 2.00. The summed E-state index contributed by atoms with van der Waals surface area (Å²) in [6, 6.07) is 6.32. The van der Waals surface area contributed by atoms with Crippen LogP contribution in [0.1, 0.15) is 25.3 Å². The second kappa shape index (κ2) is 4.36. The number of benzene rings is 1. The highest BCUT2D eigenvalue weighted by atomic mass is 16.5. The lowest BCUT2D eigenvalue weighted by Gasteiger charge is -2.06. The van der Waals surface area contributed by atoms with Crippen molar-refractivity contribution in [1.82, 2.24) is 0 Å². The Morgan fingerprint density at radius 3 is 3.21 bits per heavy atom. The second-order valence-electron chi connectivity index (χ2n) is 3.70. The molecule has 1 heterocycles. The van der Waals surface area contributed by atoms with Gasteiger partial charge in [-0.05, 0) is 36.6 Å². The molecule has 0 amide bonds. The number of fused-ring (bicyclic) bond motifs is 1. The first-order valence-electron chi connectivity index (χ1n) is 5.40. The molecule has 1 aliphatic rings. The molecule has 1 aliphatic heterocycles. The van der Waals surface area contributed by atoms with Crippen molar-refractivity contribution in [1.29, 1.82) is 0 Å². The van der Waals surface area contributed by atoms with Crippen molar-refractivity contribution >= 4 is 5.69 Å². The number of ether oxygens (including phenoxy) is 1. The van der Waals surface area contributed by atoms with Crippen molar-refractivity contribution in [3.63, 3.8) is 0 Å². The summed E-state index contributed by atoms with van der Waals surface area (Å²) in [5.74, 6) is 1.01. The molecular formula is C12H17NO. The molecule has 0 atom stereocenters. The molecule has 2 heteroatoms. The topological polar surface area (TPSA) is 21.3 Å². The minimum atomic E-state index is 0.836. The molecule has 14 heavy (non-hydrogen) atoms. The molecule has 2 nitrogen and oxygen atoms in total. The Hall–Kier alpha value is -1.18. The molecule has 0 fully saturated rings. The molecule has 0 aliphatic carbocycles. The fourth-order valence-corrected chi connectivity index (χ4v) is 1.71. The zero-order valence-electron chi connectivity index (χ0n) is 8.68. The lowest BCUT2D eigenvalue weighted by atomic mass is 10.1. The number of anilines is 1. The van der Waals surface area contributed by atoms with E-state index < -0.39 is 0 Å².